The molecule has 0 fully saturated rings. The van der Waals surface area contributed by atoms with Gasteiger partial charge < -0.3 is 15.2 Å². The van der Waals surface area contributed by atoms with Gasteiger partial charge in [-0.3, -0.25) is 4.79 Å². The maximum absolute atomic E-state index is 14.5. The fourth-order valence-corrected chi connectivity index (χ4v) is 4.93. The van der Waals surface area contributed by atoms with E-state index >= 15 is 0 Å². The van der Waals surface area contributed by atoms with Crippen LogP contribution < -0.4 is 10.1 Å². The average Bonchev–Trinajstić information content (AvgIpc) is 2.75. The summed E-state index contributed by atoms with van der Waals surface area (Å²) in [6.07, 6.45) is -5.86. The summed E-state index contributed by atoms with van der Waals surface area (Å²) < 4.78 is 62.5. The van der Waals surface area contributed by atoms with E-state index in [0.29, 0.717) is 5.39 Å². The third kappa shape index (κ3) is 3.62. The lowest BCUT2D eigenvalue weighted by atomic mass is 9.63. The molecule has 33 heavy (non-hydrogen) atoms. The van der Waals surface area contributed by atoms with Gasteiger partial charge in [-0.25, -0.2) is 4.39 Å². The first kappa shape index (κ1) is 23.0. The van der Waals surface area contributed by atoms with Crippen molar-refractivity contribution in [2.24, 2.45) is 0 Å². The maximum Gasteiger partial charge on any atom is 0.419 e. The Balaban J connectivity index is 1.90. The van der Waals surface area contributed by atoms with Gasteiger partial charge in [0.2, 0.25) is 0 Å². The Morgan fingerprint density at radius 3 is 2.42 bits per heavy atom. The second-order valence-corrected chi connectivity index (χ2v) is 8.96. The van der Waals surface area contributed by atoms with Crippen LogP contribution in [0.25, 0.3) is 10.8 Å². The molecule has 0 heterocycles. The van der Waals surface area contributed by atoms with E-state index in [-0.39, 0.29) is 22.4 Å². The first-order chi connectivity index (χ1) is 15.4. The molecule has 0 radical (unpaired) electrons. The molecule has 3 aromatic rings. The van der Waals surface area contributed by atoms with Crippen molar-refractivity contribution in [3.05, 3.63) is 77.1 Å². The van der Waals surface area contributed by atoms with Crippen LogP contribution in [0.1, 0.15) is 47.8 Å². The maximum atomic E-state index is 14.5. The van der Waals surface area contributed by atoms with Gasteiger partial charge in [-0.05, 0) is 40.3 Å². The molecular weight excluding hydrogens is 438 g/mol. The molecule has 4 nitrogen and oxygen atoms in total. The lowest BCUT2D eigenvalue weighted by molar-refractivity contribution is -0.280. The highest BCUT2D eigenvalue weighted by Gasteiger charge is 2.64. The van der Waals surface area contributed by atoms with E-state index in [4.69, 9.17) is 4.74 Å². The Kier molecular flexibility index (Phi) is 5.40. The van der Waals surface area contributed by atoms with Crippen LogP contribution >= 0.6 is 0 Å². The van der Waals surface area contributed by atoms with E-state index in [1.54, 1.807) is 36.4 Å². The highest BCUT2D eigenvalue weighted by molar-refractivity contribution is 6.07. The summed E-state index contributed by atoms with van der Waals surface area (Å²) in [7, 11) is 1.23. The van der Waals surface area contributed by atoms with E-state index in [1.807, 2.05) is 0 Å². The number of fused-ring (bicyclic) bond motifs is 2. The molecule has 2 atom stereocenters. The summed E-state index contributed by atoms with van der Waals surface area (Å²) in [5, 5.41) is 14.7. The molecule has 0 aromatic heterocycles. The van der Waals surface area contributed by atoms with E-state index in [1.165, 1.54) is 33.1 Å². The number of benzene rings is 3. The molecule has 1 amide bonds. The van der Waals surface area contributed by atoms with Crippen LogP contribution in [0.3, 0.4) is 0 Å². The Labute approximate surface area is 188 Å². The van der Waals surface area contributed by atoms with Crippen LogP contribution in [0.15, 0.2) is 54.6 Å². The van der Waals surface area contributed by atoms with Crippen LogP contribution in [0.5, 0.6) is 5.75 Å². The van der Waals surface area contributed by atoms with Gasteiger partial charge in [0.25, 0.3) is 5.91 Å². The number of carbonyl (C=O) groups excluding carboxylic acids is 1. The number of amides is 1. The molecule has 0 spiro atoms. The number of aliphatic hydroxyl groups is 1. The van der Waals surface area contributed by atoms with Gasteiger partial charge in [0.05, 0.1) is 13.2 Å². The molecule has 0 bridgehead atoms. The van der Waals surface area contributed by atoms with E-state index < -0.39 is 41.4 Å². The molecule has 0 saturated carbocycles. The number of hydrogen-bond donors (Lipinski definition) is 2. The molecule has 1 aliphatic carbocycles. The molecule has 3 aromatic carbocycles. The minimum absolute atomic E-state index is 0.0436. The number of rotatable bonds is 3. The highest BCUT2D eigenvalue weighted by Crippen LogP contribution is 2.55. The first-order valence-corrected chi connectivity index (χ1v) is 10.4. The zero-order valence-electron chi connectivity index (χ0n) is 18.3. The largest absolute Gasteiger partial charge is 0.493 e. The molecule has 0 aliphatic heterocycles. The summed E-state index contributed by atoms with van der Waals surface area (Å²) in [6, 6.07) is 12.2. The van der Waals surface area contributed by atoms with E-state index in [0.717, 1.165) is 11.5 Å². The Morgan fingerprint density at radius 1 is 1.09 bits per heavy atom. The highest BCUT2D eigenvalue weighted by atomic mass is 19.4. The van der Waals surface area contributed by atoms with Crippen molar-refractivity contribution >= 4 is 16.7 Å². The van der Waals surface area contributed by atoms with Crippen LogP contribution in [0.4, 0.5) is 17.6 Å². The van der Waals surface area contributed by atoms with Crippen molar-refractivity contribution in [2.45, 2.75) is 43.5 Å². The second-order valence-electron chi connectivity index (χ2n) is 8.96. The molecule has 1 aliphatic rings. The molecule has 2 N–H and O–H groups in total. The Bertz CT molecular complexity index is 1230. The van der Waals surface area contributed by atoms with E-state index in [9.17, 15) is 27.5 Å². The number of hydrogen-bond acceptors (Lipinski definition) is 3. The van der Waals surface area contributed by atoms with Crippen molar-refractivity contribution in [1.29, 1.82) is 0 Å². The lowest BCUT2D eigenvalue weighted by Crippen LogP contribution is -2.60. The molecule has 8 heteroatoms. The number of carbonyl (C=O) groups is 1. The van der Waals surface area contributed by atoms with Gasteiger partial charge in [0.1, 0.15) is 0 Å². The number of methoxy groups -OCH3 is 1. The van der Waals surface area contributed by atoms with Crippen molar-refractivity contribution in [3.63, 3.8) is 0 Å². The average molecular weight is 461 g/mol. The minimum atomic E-state index is -5.07. The number of alkyl halides is 3. The van der Waals surface area contributed by atoms with Gasteiger partial charge >= 0.3 is 6.18 Å². The van der Waals surface area contributed by atoms with Crippen LogP contribution in [0.2, 0.25) is 0 Å². The van der Waals surface area contributed by atoms with Crippen LogP contribution in [-0.2, 0) is 5.41 Å². The zero-order chi connectivity index (χ0) is 24.2. The Hall–Kier alpha value is -3.13. The van der Waals surface area contributed by atoms with Crippen molar-refractivity contribution < 1.29 is 32.2 Å². The summed E-state index contributed by atoms with van der Waals surface area (Å²) in [4.78, 5) is 13.2. The van der Waals surface area contributed by atoms with E-state index in [2.05, 4.69) is 5.32 Å². The van der Waals surface area contributed by atoms with Gasteiger partial charge in [-0.2, -0.15) is 13.2 Å². The smallest absolute Gasteiger partial charge is 0.419 e. The first-order valence-electron chi connectivity index (χ1n) is 10.4. The number of halogens is 4. The standard InChI is InChI=1S/C25H23F4NO3/c1-23(2)13-24(32,25(27,28)29)21(17-11-12-18(26)20(33-3)19(17)23)30-22(31)16-10-6-8-14-7-4-5-9-15(14)16/h4-12,21,32H,13H2,1-3H3,(H,30,31)/t21-,24+/m0/s1. The molecule has 174 valence electrons. The van der Waals surface area contributed by atoms with Gasteiger partial charge in [0, 0.05) is 11.1 Å². The molecule has 0 unspecified atom stereocenters. The summed E-state index contributed by atoms with van der Waals surface area (Å²) >= 11 is 0. The van der Waals surface area contributed by atoms with Gasteiger partial charge in [0.15, 0.2) is 17.2 Å². The fraction of sp³-hybridized carbons (Fsp3) is 0.320. The zero-order valence-corrected chi connectivity index (χ0v) is 18.3. The molecule has 4 rings (SSSR count). The topological polar surface area (TPSA) is 58.6 Å². The SMILES string of the molecule is COc1c(F)ccc2c1C(C)(C)C[C@](O)(C(F)(F)F)[C@H]2NC(=O)c1cccc2ccccc12. The predicted octanol–water partition coefficient (Wildman–Crippen LogP) is 5.43. The second kappa shape index (κ2) is 7.73. The monoisotopic (exact) mass is 461 g/mol. The third-order valence-electron chi connectivity index (χ3n) is 6.32. The van der Waals surface area contributed by atoms with Crippen molar-refractivity contribution in [2.75, 3.05) is 7.11 Å². The normalized spacial score (nSPS) is 22.0. The molecular formula is C25H23F4NO3. The third-order valence-corrected chi connectivity index (χ3v) is 6.32. The minimum Gasteiger partial charge on any atom is -0.493 e. The van der Waals surface area contributed by atoms with Gasteiger partial charge in [-0.15, -0.1) is 0 Å². The van der Waals surface area contributed by atoms with Crippen molar-refractivity contribution in [3.8, 4) is 5.75 Å². The van der Waals surface area contributed by atoms with Crippen LogP contribution in [-0.4, -0.2) is 29.9 Å². The summed E-state index contributed by atoms with van der Waals surface area (Å²) in [6.45, 7) is 2.96. The Morgan fingerprint density at radius 2 is 1.76 bits per heavy atom. The van der Waals surface area contributed by atoms with Crippen LogP contribution in [0, 0.1) is 5.82 Å². The number of nitrogens with one attached hydrogen (secondary N) is 1. The number of ether oxygens (including phenoxy) is 1. The fourth-order valence-electron chi connectivity index (χ4n) is 4.93. The van der Waals surface area contributed by atoms with Gasteiger partial charge in [-0.1, -0.05) is 56.3 Å². The summed E-state index contributed by atoms with van der Waals surface area (Å²) in [5.41, 5.74) is -4.28. The summed E-state index contributed by atoms with van der Waals surface area (Å²) in [5.74, 6) is -1.72. The quantitative estimate of drug-likeness (QED) is 0.511. The lowest BCUT2D eigenvalue weighted by Gasteiger charge is -2.49. The molecule has 0 saturated heterocycles. The predicted molar refractivity (Wildman–Crippen MR) is 116 cm³/mol. The van der Waals surface area contributed by atoms with Crippen molar-refractivity contribution in [1.82, 2.24) is 5.32 Å².